The molecule has 0 aromatic carbocycles. The molecule has 0 aromatic heterocycles. The summed E-state index contributed by atoms with van der Waals surface area (Å²) in [6.07, 6.45) is 0.738. The van der Waals surface area contributed by atoms with Crippen LogP contribution in [0.1, 0.15) is 6.42 Å². The average Bonchev–Trinajstić information content (AvgIpc) is 1.62. The molecule has 0 aromatic rings. The van der Waals surface area contributed by atoms with Gasteiger partial charge in [-0.2, -0.15) is 0 Å². The maximum atomic E-state index is 8.99. The van der Waals surface area contributed by atoms with Crippen LogP contribution < -0.4 is 11.1 Å². The van der Waals surface area contributed by atoms with Crippen LogP contribution in [0.3, 0.4) is 0 Å². The Bertz CT molecular complexity index is 70.1. The second-order valence-electron chi connectivity index (χ2n) is 2.15. The Morgan fingerprint density at radius 2 is 2.50 bits per heavy atom. The van der Waals surface area contributed by atoms with Crippen molar-refractivity contribution in [2.24, 2.45) is 5.73 Å². The third kappa shape index (κ3) is 0.992. The Balaban J connectivity index is 2.13. The van der Waals surface area contributed by atoms with Crippen molar-refractivity contribution in [3.8, 4) is 0 Å². The summed E-state index contributed by atoms with van der Waals surface area (Å²) < 4.78 is 0. The highest BCUT2D eigenvalue weighted by atomic mass is 16.3. The lowest BCUT2D eigenvalue weighted by Gasteiger charge is -2.31. The molecule has 0 saturated carbocycles. The second kappa shape index (κ2) is 2.44. The first kappa shape index (κ1) is 6.01. The number of nitrogens with one attached hydrogen (secondary N) is 1. The number of nitrogens with two attached hydrogens (primary N) is 1. The third-order valence-corrected chi connectivity index (χ3v) is 1.57. The van der Waals surface area contributed by atoms with Gasteiger partial charge in [0.1, 0.15) is 0 Å². The van der Waals surface area contributed by atoms with E-state index in [9.17, 15) is 0 Å². The Morgan fingerprint density at radius 3 is 2.62 bits per heavy atom. The van der Waals surface area contributed by atoms with Crippen LogP contribution in [-0.4, -0.2) is 30.3 Å². The van der Waals surface area contributed by atoms with E-state index >= 15 is 0 Å². The Hall–Kier alpha value is -0.120. The second-order valence-corrected chi connectivity index (χ2v) is 2.15. The highest BCUT2D eigenvalue weighted by Gasteiger charge is 2.22. The molecule has 1 fully saturated rings. The highest BCUT2D eigenvalue weighted by molar-refractivity contribution is 4.84. The van der Waals surface area contributed by atoms with Crippen molar-refractivity contribution in [1.82, 2.24) is 5.32 Å². The van der Waals surface area contributed by atoms with E-state index in [0.717, 1.165) is 13.0 Å². The molecule has 0 aliphatic carbocycles. The van der Waals surface area contributed by atoms with Gasteiger partial charge in [0.25, 0.3) is 0 Å². The van der Waals surface area contributed by atoms with Crippen LogP contribution in [0.25, 0.3) is 0 Å². The zero-order valence-electron chi connectivity index (χ0n) is 4.80. The van der Waals surface area contributed by atoms with Gasteiger partial charge in [-0.25, -0.2) is 0 Å². The summed E-state index contributed by atoms with van der Waals surface area (Å²) in [5.74, 6) is 0. The lowest BCUT2D eigenvalue weighted by atomic mass is 10.0. The summed E-state index contributed by atoms with van der Waals surface area (Å²) in [5, 5.41) is 12.1. The van der Waals surface area contributed by atoms with Gasteiger partial charge in [-0.3, -0.25) is 0 Å². The van der Waals surface area contributed by atoms with Crippen LogP contribution >= 0.6 is 0 Å². The van der Waals surface area contributed by atoms with Gasteiger partial charge in [0.2, 0.25) is 0 Å². The Labute approximate surface area is 48.9 Å². The largest absolute Gasteiger partial charge is 0.390 e. The maximum absolute atomic E-state index is 8.99. The quantitative estimate of drug-likeness (QED) is 0.419. The molecule has 0 amide bonds. The molecule has 1 aliphatic heterocycles. The number of hydrogen-bond donors (Lipinski definition) is 3. The number of aliphatic hydroxyl groups is 1. The summed E-state index contributed by atoms with van der Waals surface area (Å²) >= 11 is 0. The van der Waals surface area contributed by atoms with Crippen molar-refractivity contribution in [1.29, 1.82) is 0 Å². The van der Waals surface area contributed by atoms with Crippen LogP contribution in [0.5, 0.6) is 0 Å². The van der Waals surface area contributed by atoms with E-state index in [2.05, 4.69) is 5.32 Å². The Kier molecular flexibility index (Phi) is 1.83. The molecule has 1 saturated heterocycles. The fraction of sp³-hybridized carbons (Fsp3) is 1.00. The molecule has 48 valence electrons. The van der Waals surface area contributed by atoms with Gasteiger partial charge in [0.15, 0.2) is 0 Å². The van der Waals surface area contributed by atoms with Crippen molar-refractivity contribution in [3.05, 3.63) is 0 Å². The zero-order chi connectivity index (χ0) is 5.98. The molecule has 1 rings (SSSR count). The number of aliphatic hydroxyl groups excluding tert-OH is 1. The van der Waals surface area contributed by atoms with Crippen molar-refractivity contribution < 1.29 is 5.11 Å². The molecule has 1 aliphatic rings. The molecule has 0 radical (unpaired) electrons. The van der Waals surface area contributed by atoms with Crippen molar-refractivity contribution >= 4 is 0 Å². The standard InChI is InChI=1S/C5H12N2O/c6-3-5(8)4-1-2-7-4/h4-5,7-8H,1-3,6H2/t4-,5+/m1/s1. The average molecular weight is 116 g/mol. The summed E-state index contributed by atoms with van der Waals surface area (Å²) in [6.45, 7) is 1.40. The summed E-state index contributed by atoms with van der Waals surface area (Å²) in [5.41, 5.74) is 5.19. The fourth-order valence-corrected chi connectivity index (χ4v) is 0.804. The molecule has 0 spiro atoms. The molecule has 0 unspecified atom stereocenters. The first-order valence-corrected chi connectivity index (χ1v) is 2.96. The molecule has 3 heteroatoms. The highest BCUT2D eigenvalue weighted by Crippen LogP contribution is 2.05. The van der Waals surface area contributed by atoms with Gasteiger partial charge in [0, 0.05) is 12.6 Å². The monoisotopic (exact) mass is 116 g/mol. The lowest BCUT2D eigenvalue weighted by molar-refractivity contribution is 0.102. The van der Waals surface area contributed by atoms with E-state index in [0.29, 0.717) is 6.54 Å². The number of hydrogen-bond acceptors (Lipinski definition) is 3. The van der Waals surface area contributed by atoms with Gasteiger partial charge in [-0.05, 0) is 13.0 Å². The van der Waals surface area contributed by atoms with E-state index < -0.39 is 0 Å². The fourth-order valence-electron chi connectivity index (χ4n) is 0.804. The first-order chi connectivity index (χ1) is 3.84. The van der Waals surface area contributed by atoms with E-state index in [1.807, 2.05) is 0 Å². The molecule has 0 bridgehead atoms. The minimum Gasteiger partial charge on any atom is -0.390 e. The van der Waals surface area contributed by atoms with Gasteiger partial charge >= 0.3 is 0 Å². The van der Waals surface area contributed by atoms with Gasteiger partial charge in [-0.15, -0.1) is 0 Å². The van der Waals surface area contributed by atoms with E-state index in [4.69, 9.17) is 10.8 Å². The van der Waals surface area contributed by atoms with Crippen LogP contribution in [-0.2, 0) is 0 Å². The van der Waals surface area contributed by atoms with E-state index in [1.54, 1.807) is 0 Å². The lowest BCUT2D eigenvalue weighted by Crippen LogP contribution is -2.53. The molecule has 3 nitrogen and oxygen atoms in total. The van der Waals surface area contributed by atoms with Crippen molar-refractivity contribution in [2.45, 2.75) is 18.6 Å². The topological polar surface area (TPSA) is 58.3 Å². The minimum absolute atomic E-state index is 0.278. The summed E-state index contributed by atoms with van der Waals surface area (Å²) in [7, 11) is 0. The molecular formula is C5H12N2O. The van der Waals surface area contributed by atoms with Crippen LogP contribution in [0, 0.1) is 0 Å². The van der Waals surface area contributed by atoms with Crippen LogP contribution in [0.4, 0.5) is 0 Å². The molecule has 4 N–H and O–H groups in total. The first-order valence-electron chi connectivity index (χ1n) is 2.96. The third-order valence-electron chi connectivity index (χ3n) is 1.57. The van der Waals surface area contributed by atoms with E-state index in [1.165, 1.54) is 0 Å². The van der Waals surface area contributed by atoms with Gasteiger partial charge < -0.3 is 16.2 Å². The van der Waals surface area contributed by atoms with Crippen LogP contribution in [0.2, 0.25) is 0 Å². The SMILES string of the molecule is NC[C@H](O)[C@H]1CCN1. The summed E-state index contributed by atoms with van der Waals surface area (Å²) in [6, 6.07) is 0.278. The summed E-state index contributed by atoms with van der Waals surface area (Å²) in [4.78, 5) is 0. The Morgan fingerprint density at radius 1 is 1.88 bits per heavy atom. The van der Waals surface area contributed by atoms with Crippen LogP contribution in [0.15, 0.2) is 0 Å². The molecular weight excluding hydrogens is 104 g/mol. The predicted octanol–water partition coefficient (Wildman–Crippen LogP) is -1.33. The van der Waals surface area contributed by atoms with E-state index in [-0.39, 0.29) is 12.1 Å². The number of rotatable bonds is 2. The van der Waals surface area contributed by atoms with Crippen molar-refractivity contribution in [3.63, 3.8) is 0 Å². The normalized spacial score (nSPS) is 31.5. The smallest absolute Gasteiger partial charge is 0.0815 e. The van der Waals surface area contributed by atoms with Crippen molar-refractivity contribution in [2.75, 3.05) is 13.1 Å². The maximum Gasteiger partial charge on any atom is 0.0815 e. The zero-order valence-corrected chi connectivity index (χ0v) is 4.80. The van der Waals surface area contributed by atoms with Gasteiger partial charge in [0.05, 0.1) is 6.10 Å². The minimum atomic E-state index is -0.330. The molecule has 2 atom stereocenters. The predicted molar refractivity (Wildman–Crippen MR) is 31.5 cm³/mol. The molecule has 8 heavy (non-hydrogen) atoms. The molecule has 1 heterocycles. The van der Waals surface area contributed by atoms with Gasteiger partial charge in [-0.1, -0.05) is 0 Å².